The second-order valence-corrected chi connectivity index (χ2v) is 5.87. The molecule has 1 saturated heterocycles. The van der Waals surface area contributed by atoms with E-state index in [4.69, 9.17) is 0 Å². The maximum Gasteiger partial charge on any atom is 0.168 e. The summed E-state index contributed by atoms with van der Waals surface area (Å²) in [6.07, 6.45) is 0.305. The van der Waals surface area contributed by atoms with Gasteiger partial charge in [0.2, 0.25) is 0 Å². The first kappa shape index (κ1) is 18.5. The van der Waals surface area contributed by atoms with Gasteiger partial charge in [-0.3, -0.25) is 0 Å². The van der Waals surface area contributed by atoms with Crippen LogP contribution in [0.1, 0.15) is 17.0 Å². The maximum absolute atomic E-state index is 13.5. The Morgan fingerprint density at radius 3 is 2.46 bits per heavy atom. The molecular formula is C17H18BrF2NO3. The van der Waals surface area contributed by atoms with E-state index in [2.05, 4.69) is 5.32 Å². The third-order valence-electron chi connectivity index (χ3n) is 4.36. The Morgan fingerprint density at radius 1 is 1.00 bits per heavy atom. The molecule has 2 aromatic carbocycles. The van der Waals surface area contributed by atoms with Gasteiger partial charge in [0.15, 0.2) is 23.1 Å². The summed E-state index contributed by atoms with van der Waals surface area (Å²) in [4.78, 5) is 0. The summed E-state index contributed by atoms with van der Waals surface area (Å²) in [6, 6.07) is 6.42. The summed E-state index contributed by atoms with van der Waals surface area (Å²) in [5.41, 5.74) is 1.05. The van der Waals surface area contributed by atoms with Crippen LogP contribution in [-0.2, 0) is 6.42 Å². The topological polar surface area (TPSA) is 72.7 Å². The predicted octanol–water partition coefficient (Wildman–Crippen LogP) is 3.21. The SMILES string of the molecule is Br.Oc1ccc([C@@H]2CNC[C@H]2Cc2cc(F)cc(F)c2O)cc1O. The van der Waals surface area contributed by atoms with Gasteiger partial charge in [0.25, 0.3) is 0 Å². The summed E-state index contributed by atoms with van der Waals surface area (Å²) in [7, 11) is 0. The van der Waals surface area contributed by atoms with Crippen molar-refractivity contribution in [1.82, 2.24) is 5.32 Å². The smallest absolute Gasteiger partial charge is 0.168 e. The molecule has 24 heavy (non-hydrogen) atoms. The van der Waals surface area contributed by atoms with Gasteiger partial charge in [-0.15, -0.1) is 17.0 Å². The molecule has 2 atom stereocenters. The molecule has 4 nitrogen and oxygen atoms in total. The zero-order valence-electron chi connectivity index (χ0n) is 12.7. The Morgan fingerprint density at radius 2 is 1.75 bits per heavy atom. The fourth-order valence-corrected chi connectivity index (χ4v) is 3.17. The summed E-state index contributed by atoms with van der Waals surface area (Å²) in [5.74, 6) is -2.59. The quantitative estimate of drug-likeness (QED) is 0.595. The summed E-state index contributed by atoms with van der Waals surface area (Å²) in [5, 5.41) is 32.0. The van der Waals surface area contributed by atoms with Crippen molar-refractivity contribution >= 4 is 17.0 Å². The second kappa shape index (κ2) is 7.36. The molecule has 0 unspecified atom stereocenters. The van der Waals surface area contributed by atoms with Crippen LogP contribution in [0.25, 0.3) is 0 Å². The highest BCUT2D eigenvalue weighted by Crippen LogP contribution is 2.36. The Kier molecular flexibility index (Phi) is 5.66. The normalized spacial score (nSPS) is 19.9. The molecule has 4 N–H and O–H groups in total. The van der Waals surface area contributed by atoms with Gasteiger partial charge < -0.3 is 20.6 Å². The number of phenolic OH excluding ortho intramolecular Hbond substituents is 3. The van der Waals surface area contributed by atoms with Gasteiger partial charge in [0, 0.05) is 24.1 Å². The molecule has 0 radical (unpaired) electrons. The van der Waals surface area contributed by atoms with Gasteiger partial charge in [-0.05, 0) is 42.6 Å². The van der Waals surface area contributed by atoms with Crippen molar-refractivity contribution in [2.45, 2.75) is 12.3 Å². The molecule has 1 aliphatic heterocycles. The standard InChI is InChI=1S/C17H17F2NO3.BrH/c18-12-4-10(17(23)14(19)6-12)3-11-7-20-8-13(11)9-1-2-15(21)16(22)5-9;/h1-2,4-6,11,13,20-23H,3,7-8H2;1H/t11-,13+;/m1./s1. The first-order chi connectivity index (χ1) is 11.0. The average Bonchev–Trinajstić information content (AvgIpc) is 2.95. The first-order valence-electron chi connectivity index (χ1n) is 7.35. The lowest BCUT2D eigenvalue weighted by Crippen LogP contribution is -2.14. The highest BCUT2D eigenvalue weighted by molar-refractivity contribution is 8.93. The van der Waals surface area contributed by atoms with E-state index in [0.717, 1.165) is 11.6 Å². The fraction of sp³-hybridized carbons (Fsp3) is 0.294. The van der Waals surface area contributed by atoms with Gasteiger partial charge in [-0.2, -0.15) is 0 Å². The molecule has 0 aromatic heterocycles. The lowest BCUT2D eigenvalue weighted by molar-refractivity contribution is 0.400. The van der Waals surface area contributed by atoms with Crippen molar-refractivity contribution in [3.8, 4) is 17.2 Å². The van der Waals surface area contributed by atoms with Crippen LogP contribution >= 0.6 is 17.0 Å². The molecule has 0 aliphatic carbocycles. The van der Waals surface area contributed by atoms with E-state index in [1.165, 1.54) is 12.1 Å². The van der Waals surface area contributed by atoms with Crippen LogP contribution in [-0.4, -0.2) is 28.4 Å². The van der Waals surface area contributed by atoms with Crippen molar-refractivity contribution in [1.29, 1.82) is 0 Å². The fourth-order valence-electron chi connectivity index (χ4n) is 3.17. The van der Waals surface area contributed by atoms with E-state index in [1.807, 2.05) is 0 Å². The molecule has 0 spiro atoms. The summed E-state index contributed by atoms with van der Waals surface area (Å²) >= 11 is 0. The monoisotopic (exact) mass is 401 g/mol. The zero-order valence-corrected chi connectivity index (χ0v) is 14.4. The van der Waals surface area contributed by atoms with Gasteiger partial charge >= 0.3 is 0 Å². The Balaban J connectivity index is 0.00000208. The van der Waals surface area contributed by atoms with Gasteiger partial charge in [-0.25, -0.2) is 8.78 Å². The minimum absolute atomic E-state index is 0. The second-order valence-electron chi connectivity index (χ2n) is 5.87. The molecule has 130 valence electrons. The van der Waals surface area contributed by atoms with Crippen LogP contribution < -0.4 is 5.32 Å². The number of halogens is 3. The molecule has 3 rings (SSSR count). The molecule has 1 fully saturated rings. The number of nitrogens with one attached hydrogen (secondary N) is 1. The summed E-state index contributed by atoms with van der Waals surface area (Å²) in [6.45, 7) is 1.28. The van der Waals surface area contributed by atoms with Crippen LogP contribution in [0.4, 0.5) is 8.78 Å². The molecular weight excluding hydrogens is 384 g/mol. The molecule has 7 heteroatoms. The van der Waals surface area contributed by atoms with Gasteiger partial charge in [-0.1, -0.05) is 6.07 Å². The van der Waals surface area contributed by atoms with E-state index in [9.17, 15) is 24.1 Å². The van der Waals surface area contributed by atoms with Crippen LogP contribution in [0.3, 0.4) is 0 Å². The van der Waals surface area contributed by atoms with Crippen molar-refractivity contribution in [2.75, 3.05) is 13.1 Å². The third kappa shape index (κ3) is 3.62. The van der Waals surface area contributed by atoms with Gasteiger partial charge in [0.05, 0.1) is 0 Å². The minimum atomic E-state index is -0.968. The Labute approximate surface area is 148 Å². The first-order valence-corrected chi connectivity index (χ1v) is 7.35. The predicted molar refractivity (Wildman–Crippen MR) is 90.9 cm³/mol. The molecule has 1 heterocycles. The Hall–Kier alpha value is -1.86. The Bertz CT molecular complexity index is 742. The summed E-state index contributed by atoms with van der Waals surface area (Å²) < 4.78 is 26.8. The largest absolute Gasteiger partial charge is 0.505 e. The van der Waals surface area contributed by atoms with Crippen LogP contribution in [0.15, 0.2) is 30.3 Å². The van der Waals surface area contributed by atoms with Crippen molar-refractivity contribution in [3.05, 3.63) is 53.1 Å². The van der Waals surface area contributed by atoms with Crippen LogP contribution in [0.2, 0.25) is 0 Å². The zero-order chi connectivity index (χ0) is 16.6. The molecule has 0 bridgehead atoms. The number of benzene rings is 2. The van der Waals surface area contributed by atoms with E-state index in [0.29, 0.717) is 25.6 Å². The lowest BCUT2D eigenvalue weighted by Gasteiger charge is -2.20. The maximum atomic E-state index is 13.5. The van der Waals surface area contributed by atoms with E-state index >= 15 is 0 Å². The highest BCUT2D eigenvalue weighted by Gasteiger charge is 2.30. The molecule has 1 aliphatic rings. The lowest BCUT2D eigenvalue weighted by atomic mass is 9.84. The average molecular weight is 402 g/mol. The van der Waals surface area contributed by atoms with Crippen LogP contribution in [0, 0.1) is 17.6 Å². The molecule has 0 saturated carbocycles. The van der Waals surface area contributed by atoms with Crippen molar-refractivity contribution in [2.24, 2.45) is 5.92 Å². The number of aromatic hydroxyl groups is 3. The highest BCUT2D eigenvalue weighted by atomic mass is 79.9. The van der Waals surface area contributed by atoms with Gasteiger partial charge in [0.1, 0.15) is 5.82 Å². The van der Waals surface area contributed by atoms with Crippen LogP contribution in [0.5, 0.6) is 17.2 Å². The minimum Gasteiger partial charge on any atom is -0.505 e. The number of hydrogen-bond donors (Lipinski definition) is 4. The van der Waals surface area contributed by atoms with E-state index in [-0.39, 0.29) is 45.9 Å². The molecule has 2 aromatic rings. The van der Waals surface area contributed by atoms with E-state index in [1.54, 1.807) is 6.07 Å². The molecule has 0 amide bonds. The number of rotatable bonds is 3. The third-order valence-corrected chi connectivity index (χ3v) is 4.36. The van der Waals surface area contributed by atoms with Crippen molar-refractivity contribution < 1.29 is 24.1 Å². The number of phenols is 3. The van der Waals surface area contributed by atoms with Crippen molar-refractivity contribution in [3.63, 3.8) is 0 Å². The number of hydrogen-bond acceptors (Lipinski definition) is 4. The van der Waals surface area contributed by atoms with E-state index < -0.39 is 17.4 Å².